The topological polar surface area (TPSA) is 99.2 Å². The SMILES string of the molecule is CCNC(=NCCN(C)S(=O)(=O)c1cccs1)N1CCS(=O)(=O)C(C)(C)C1. The van der Waals surface area contributed by atoms with E-state index in [4.69, 9.17) is 0 Å². The minimum absolute atomic E-state index is 0.0804. The summed E-state index contributed by atoms with van der Waals surface area (Å²) in [5.41, 5.74) is 0. The van der Waals surface area contributed by atoms with Gasteiger partial charge >= 0.3 is 0 Å². The van der Waals surface area contributed by atoms with Crippen LogP contribution in [0.15, 0.2) is 26.7 Å². The maximum atomic E-state index is 12.4. The maximum Gasteiger partial charge on any atom is 0.252 e. The molecule has 2 rings (SSSR count). The molecule has 0 amide bonds. The normalized spacial score (nSPS) is 20.0. The number of likely N-dealkylation sites (N-methyl/N-ethyl adjacent to an activating group) is 1. The number of rotatable bonds is 6. The Kier molecular flexibility index (Phi) is 6.93. The third kappa shape index (κ3) is 5.01. The highest BCUT2D eigenvalue weighted by atomic mass is 32.2. The van der Waals surface area contributed by atoms with Gasteiger partial charge < -0.3 is 10.2 Å². The molecule has 0 bridgehead atoms. The Morgan fingerprint density at radius 1 is 1.44 bits per heavy atom. The number of hydrogen-bond acceptors (Lipinski definition) is 6. The summed E-state index contributed by atoms with van der Waals surface area (Å²) >= 11 is 1.19. The minimum Gasteiger partial charge on any atom is -0.357 e. The average Bonchev–Trinajstić information content (AvgIpc) is 3.12. The molecule has 1 N–H and O–H groups in total. The predicted octanol–water partition coefficient (Wildman–Crippen LogP) is 0.843. The van der Waals surface area contributed by atoms with Gasteiger partial charge in [0.1, 0.15) is 4.21 Å². The van der Waals surface area contributed by atoms with E-state index in [9.17, 15) is 16.8 Å². The highest BCUT2D eigenvalue weighted by Crippen LogP contribution is 2.24. The van der Waals surface area contributed by atoms with E-state index < -0.39 is 24.6 Å². The molecule has 11 heteroatoms. The first kappa shape index (κ1) is 22.1. The van der Waals surface area contributed by atoms with E-state index in [1.165, 1.54) is 22.7 Å². The lowest BCUT2D eigenvalue weighted by Crippen LogP contribution is -2.57. The van der Waals surface area contributed by atoms with Crippen molar-refractivity contribution in [3.05, 3.63) is 17.5 Å². The molecule has 1 aliphatic rings. The largest absolute Gasteiger partial charge is 0.357 e. The lowest BCUT2D eigenvalue weighted by Gasteiger charge is -2.39. The van der Waals surface area contributed by atoms with Gasteiger partial charge in [0.05, 0.1) is 17.0 Å². The molecule has 1 fully saturated rings. The number of sulfone groups is 1. The number of hydrogen-bond donors (Lipinski definition) is 1. The number of thiophene rings is 1. The van der Waals surface area contributed by atoms with Crippen molar-refractivity contribution in [3.8, 4) is 0 Å². The van der Waals surface area contributed by atoms with Crippen molar-refractivity contribution < 1.29 is 16.8 Å². The Bertz CT molecular complexity index is 861. The maximum absolute atomic E-state index is 12.4. The van der Waals surface area contributed by atoms with Crippen molar-refractivity contribution in [2.75, 3.05) is 45.5 Å². The van der Waals surface area contributed by atoms with Crippen molar-refractivity contribution in [2.45, 2.75) is 29.7 Å². The van der Waals surface area contributed by atoms with Gasteiger partial charge in [0.25, 0.3) is 10.0 Å². The lowest BCUT2D eigenvalue weighted by molar-refractivity contribution is 0.353. The standard InChI is InChI=1S/C16H28N4O4S3/c1-5-17-15(20-10-12-26(21,22)16(2,3)13-20)18-8-9-19(4)27(23,24)14-7-6-11-25-14/h6-7,11H,5,8-10,12-13H2,1-4H3,(H,17,18). The van der Waals surface area contributed by atoms with Gasteiger partial charge in [-0.3, -0.25) is 4.99 Å². The van der Waals surface area contributed by atoms with Crippen LogP contribution < -0.4 is 5.32 Å². The number of nitrogens with one attached hydrogen (secondary N) is 1. The van der Waals surface area contributed by atoms with Crippen molar-refractivity contribution in [3.63, 3.8) is 0 Å². The van der Waals surface area contributed by atoms with E-state index in [-0.39, 0.29) is 18.8 Å². The van der Waals surface area contributed by atoms with Crippen LogP contribution in [0.25, 0.3) is 0 Å². The Morgan fingerprint density at radius 3 is 2.70 bits per heavy atom. The summed E-state index contributed by atoms with van der Waals surface area (Å²) in [6.45, 7) is 7.28. The van der Waals surface area contributed by atoms with Crippen LogP contribution in [-0.4, -0.2) is 82.3 Å². The molecule has 1 aromatic heterocycles. The molecule has 0 saturated carbocycles. The molecule has 27 heavy (non-hydrogen) atoms. The predicted molar refractivity (Wildman–Crippen MR) is 110 cm³/mol. The van der Waals surface area contributed by atoms with Gasteiger partial charge in [0.15, 0.2) is 15.8 Å². The fourth-order valence-electron chi connectivity index (χ4n) is 2.73. The van der Waals surface area contributed by atoms with Crippen LogP contribution in [0.4, 0.5) is 0 Å². The molecule has 0 aromatic carbocycles. The van der Waals surface area contributed by atoms with Gasteiger partial charge in [0, 0.05) is 33.2 Å². The Morgan fingerprint density at radius 2 is 2.15 bits per heavy atom. The molecule has 0 spiro atoms. The third-order valence-corrected chi connectivity index (χ3v) is 10.3. The molecule has 1 aliphatic heterocycles. The second-order valence-electron chi connectivity index (χ2n) is 6.99. The summed E-state index contributed by atoms with van der Waals surface area (Å²) in [6.07, 6.45) is 0. The number of nitrogens with zero attached hydrogens (tertiary/aromatic N) is 3. The van der Waals surface area contributed by atoms with Gasteiger partial charge in [-0.25, -0.2) is 16.8 Å². The van der Waals surface area contributed by atoms with Crippen LogP contribution in [0.2, 0.25) is 0 Å². The van der Waals surface area contributed by atoms with E-state index in [1.54, 1.807) is 31.4 Å². The fourth-order valence-corrected chi connectivity index (χ4v) is 6.46. The summed E-state index contributed by atoms with van der Waals surface area (Å²) < 4.78 is 50.0. The average molecular weight is 437 g/mol. The zero-order valence-corrected chi connectivity index (χ0v) is 18.6. The summed E-state index contributed by atoms with van der Waals surface area (Å²) in [6, 6.07) is 3.29. The molecule has 1 aromatic rings. The van der Waals surface area contributed by atoms with Crippen molar-refractivity contribution in [1.82, 2.24) is 14.5 Å². The molecular formula is C16H28N4O4S3. The molecule has 1 saturated heterocycles. The second kappa shape index (κ2) is 8.46. The molecule has 0 atom stereocenters. The zero-order chi connectivity index (χ0) is 20.3. The van der Waals surface area contributed by atoms with Gasteiger partial charge in [0.2, 0.25) is 0 Å². The van der Waals surface area contributed by atoms with Crippen LogP contribution in [-0.2, 0) is 19.9 Å². The summed E-state index contributed by atoms with van der Waals surface area (Å²) in [5, 5.41) is 4.90. The molecule has 0 aliphatic carbocycles. The highest BCUT2D eigenvalue weighted by Gasteiger charge is 2.41. The number of aliphatic imine (C=N–C) groups is 1. The monoisotopic (exact) mass is 436 g/mol. The van der Waals surface area contributed by atoms with Crippen LogP contribution in [0.5, 0.6) is 0 Å². The zero-order valence-electron chi connectivity index (χ0n) is 16.2. The molecule has 2 heterocycles. The Balaban J connectivity index is 2.06. The van der Waals surface area contributed by atoms with Gasteiger partial charge in [-0.15, -0.1) is 11.3 Å². The molecule has 8 nitrogen and oxygen atoms in total. The van der Waals surface area contributed by atoms with E-state index in [0.29, 0.717) is 29.8 Å². The lowest BCUT2D eigenvalue weighted by atomic mass is 10.2. The number of sulfonamides is 1. The first-order valence-corrected chi connectivity index (χ1v) is 12.7. The highest BCUT2D eigenvalue weighted by molar-refractivity contribution is 7.92. The van der Waals surface area contributed by atoms with Crippen molar-refractivity contribution in [2.24, 2.45) is 4.99 Å². The minimum atomic E-state index is -3.50. The second-order valence-corrected chi connectivity index (χ2v) is 13.0. The van der Waals surface area contributed by atoms with Gasteiger partial charge in [-0.1, -0.05) is 6.07 Å². The first-order valence-electron chi connectivity index (χ1n) is 8.76. The summed E-state index contributed by atoms with van der Waals surface area (Å²) in [5.74, 6) is 0.694. The smallest absolute Gasteiger partial charge is 0.252 e. The summed E-state index contributed by atoms with van der Waals surface area (Å²) in [7, 11) is -5.09. The van der Waals surface area contributed by atoms with E-state index in [1.807, 2.05) is 11.8 Å². The van der Waals surface area contributed by atoms with Crippen molar-refractivity contribution >= 4 is 37.2 Å². The van der Waals surface area contributed by atoms with Crippen LogP contribution in [0.3, 0.4) is 0 Å². The molecule has 0 unspecified atom stereocenters. The third-order valence-electron chi connectivity index (χ3n) is 4.51. The molecule has 154 valence electrons. The van der Waals surface area contributed by atoms with Crippen LogP contribution >= 0.6 is 11.3 Å². The van der Waals surface area contributed by atoms with Crippen LogP contribution in [0, 0.1) is 0 Å². The first-order chi connectivity index (χ1) is 12.5. The molecular weight excluding hydrogens is 408 g/mol. The summed E-state index contributed by atoms with van der Waals surface area (Å²) in [4.78, 5) is 6.45. The quantitative estimate of drug-likeness (QED) is 0.524. The van der Waals surface area contributed by atoms with Crippen molar-refractivity contribution in [1.29, 1.82) is 0 Å². The van der Waals surface area contributed by atoms with E-state index in [2.05, 4.69) is 10.3 Å². The Labute approximate surface area is 166 Å². The number of guanidine groups is 1. The molecule has 0 radical (unpaired) electrons. The van der Waals surface area contributed by atoms with E-state index >= 15 is 0 Å². The van der Waals surface area contributed by atoms with E-state index in [0.717, 1.165) is 0 Å². The Hall–Kier alpha value is -1.17. The van der Waals surface area contributed by atoms with Gasteiger partial charge in [-0.05, 0) is 32.2 Å². The fraction of sp³-hybridized carbons (Fsp3) is 0.688. The van der Waals surface area contributed by atoms with Crippen LogP contribution in [0.1, 0.15) is 20.8 Å². The van der Waals surface area contributed by atoms with Gasteiger partial charge in [-0.2, -0.15) is 4.31 Å².